The molecule has 1 aliphatic heterocycles. The van der Waals surface area contributed by atoms with Crippen LogP contribution in [0.4, 0.5) is 5.69 Å². The standard InChI is InChI=1S/C22H21N3O4/c1-14(26)23-16-7-9-17(10-8-16)29-22(28)15-6-11-18-19(13-15)24-20-5-3-2-4-12-25(20)21(18)27/h6-11,13H,2-5,12H2,1H3,(H,23,26). The lowest BCUT2D eigenvalue weighted by Crippen LogP contribution is -2.24. The number of hydrogen-bond donors (Lipinski definition) is 1. The molecule has 2 aromatic carbocycles. The maximum Gasteiger partial charge on any atom is 0.343 e. The lowest BCUT2D eigenvalue weighted by Gasteiger charge is -2.11. The second-order valence-electron chi connectivity index (χ2n) is 7.12. The van der Waals surface area contributed by atoms with Crippen LogP contribution in [-0.2, 0) is 17.8 Å². The van der Waals surface area contributed by atoms with Crippen molar-refractivity contribution < 1.29 is 14.3 Å². The van der Waals surface area contributed by atoms with E-state index in [4.69, 9.17) is 4.74 Å². The highest BCUT2D eigenvalue weighted by atomic mass is 16.5. The third-order valence-electron chi connectivity index (χ3n) is 4.94. The maximum absolute atomic E-state index is 12.8. The van der Waals surface area contributed by atoms with Crippen LogP contribution in [0.15, 0.2) is 47.3 Å². The molecule has 7 nitrogen and oxygen atoms in total. The number of anilines is 1. The molecule has 0 atom stereocenters. The number of esters is 1. The predicted octanol–water partition coefficient (Wildman–Crippen LogP) is 3.30. The van der Waals surface area contributed by atoms with E-state index in [1.807, 2.05) is 0 Å². The smallest absolute Gasteiger partial charge is 0.343 e. The molecule has 0 aliphatic carbocycles. The Labute approximate surface area is 167 Å². The molecule has 0 radical (unpaired) electrons. The largest absolute Gasteiger partial charge is 0.423 e. The van der Waals surface area contributed by atoms with Crippen LogP contribution < -0.4 is 15.6 Å². The molecule has 148 valence electrons. The molecular formula is C22H21N3O4. The summed E-state index contributed by atoms with van der Waals surface area (Å²) >= 11 is 0. The summed E-state index contributed by atoms with van der Waals surface area (Å²) < 4.78 is 7.16. The first-order valence-corrected chi connectivity index (χ1v) is 9.64. The molecule has 7 heteroatoms. The van der Waals surface area contributed by atoms with Gasteiger partial charge in [0.25, 0.3) is 5.56 Å². The number of carbonyl (C=O) groups is 2. The van der Waals surface area contributed by atoms with Crippen molar-refractivity contribution in [3.63, 3.8) is 0 Å². The molecule has 29 heavy (non-hydrogen) atoms. The predicted molar refractivity (Wildman–Crippen MR) is 109 cm³/mol. The number of carbonyl (C=O) groups excluding carboxylic acids is 2. The number of aryl methyl sites for hydroxylation is 1. The van der Waals surface area contributed by atoms with Crippen LogP contribution in [0.3, 0.4) is 0 Å². The number of aromatic nitrogens is 2. The van der Waals surface area contributed by atoms with Gasteiger partial charge in [0, 0.05) is 25.6 Å². The molecular weight excluding hydrogens is 370 g/mol. The van der Waals surface area contributed by atoms with Crippen LogP contribution in [0.1, 0.15) is 42.4 Å². The van der Waals surface area contributed by atoms with Crippen molar-refractivity contribution in [2.75, 3.05) is 5.32 Å². The van der Waals surface area contributed by atoms with Crippen LogP contribution in [-0.4, -0.2) is 21.4 Å². The molecule has 4 rings (SSSR count). The van der Waals surface area contributed by atoms with Gasteiger partial charge >= 0.3 is 5.97 Å². The minimum absolute atomic E-state index is 0.0552. The summed E-state index contributed by atoms with van der Waals surface area (Å²) in [7, 11) is 0. The first kappa shape index (κ1) is 18.9. The lowest BCUT2D eigenvalue weighted by atomic mass is 10.1. The van der Waals surface area contributed by atoms with E-state index in [1.165, 1.54) is 6.92 Å². The van der Waals surface area contributed by atoms with Crippen LogP contribution in [0.5, 0.6) is 5.75 Å². The van der Waals surface area contributed by atoms with Crippen molar-refractivity contribution in [3.8, 4) is 5.75 Å². The van der Waals surface area contributed by atoms with E-state index >= 15 is 0 Å². The first-order chi connectivity index (χ1) is 14.0. The number of benzene rings is 2. The molecule has 2 heterocycles. The van der Waals surface area contributed by atoms with Crippen molar-refractivity contribution in [1.82, 2.24) is 9.55 Å². The maximum atomic E-state index is 12.8. The molecule has 3 aromatic rings. The molecule has 0 spiro atoms. The molecule has 1 amide bonds. The SMILES string of the molecule is CC(=O)Nc1ccc(OC(=O)c2ccc3c(=O)n4c(nc3c2)CCCCC4)cc1. The number of hydrogen-bond acceptors (Lipinski definition) is 5. The van der Waals surface area contributed by atoms with Gasteiger partial charge < -0.3 is 10.1 Å². The van der Waals surface area contributed by atoms with E-state index in [1.54, 1.807) is 47.0 Å². The van der Waals surface area contributed by atoms with Gasteiger partial charge in [0.1, 0.15) is 11.6 Å². The highest BCUT2D eigenvalue weighted by Gasteiger charge is 2.16. The number of fused-ring (bicyclic) bond motifs is 2. The van der Waals surface area contributed by atoms with Crippen LogP contribution in [0, 0.1) is 0 Å². The Morgan fingerprint density at radius 2 is 1.86 bits per heavy atom. The quantitative estimate of drug-likeness (QED) is 0.546. The zero-order valence-corrected chi connectivity index (χ0v) is 16.1. The van der Waals surface area contributed by atoms with Crippen molar-refractivity contribution in [2.45, 2.75) is 39.2 Å². The van der Waals surface area contributed by atoms with Gasteiger partial charge in [-0.15, -0.1) is 0 Å². The van der Waals surface area contributed by atoms with Gasteiger partial charge in [0.2, 0.25) is 5.91 Å². The second kappa shape index (κ2) is 7.87. The Bertz CT molecular complexity index is 1150. The molecule has 1 N–H and O–H groups in total. The number of rotatable bonds is 3. The highest BCUT2D eigenvalue weighted by Crippen LogP contribution is 2.19. The summed E-state index contributed by atoms with van der Waals surface area (Å²) in [5, 5.41) is 3.16. The van der Waals surface area contributed by atoms with Crippen LogP contribution in [0.25, 0.3) is 10.9 Å². The van der Waals surface area contributed by atoms with Gasteiger partial charge in [-0.05, 0) is 55.3 Å². The zero-order valence-electron chi connectivity index (χ0n) is 16.1. The first-order valence-electron chi connectivity index (χ1n) is 9.64. The van der Waals surface area contributed by atoms with E-state index in [0.29, 0.717) is 34.4 Å². The van der Waals surface area contributed by atoms with Gasteiger partial charge in [0.15, 0.2) is 0 Å². The van der Waals surface area contributed by atoms with Gasteiger partial charge in [0.05, 0.1) is 16.5 Å². The molecule has 1 aromatic heterocycles. The Morgan fingerprint density at radius 1 is 1.07 bits per heavy atom. The summed E-state index contributed by atoms with van der Waals surface area (Å²) in [6, 6.07) is 11.4. The van der Waals surface area contributed by atoms with E-state index in [-0.39, 0.29) is 11.5 Å². The fraction of sp³-hybridized carbons (Fsp3) is 0.273. The number of amides is 1. The molecule has 1 aliphatic rings. The summed E-state index contributed by atoms with van der Waals surface area (Å²) in [5.41, 5.74) is 1.40. The van der Waals surface area contributed by atoms with E-state index in [0.717, 1.165) is 31.5 Å². The van der Waals surface area contributed by atoms with Gasteiger partial charge in [-0.2, -0.15) is 0 Å². The Hall–Kier alpha value is -3.48. The summed E-state index contributed by atoms with van der Waals surface area (Å²) in [6.45, 7) is 2.11. The Balaban J connectivity index is 1.59. The van der Waals surface area contributed by atoms with Gasteiger partial charge in [-0.1, -0.05) is 6.42 Å². The normalized spacial score (nSPS) is 13.4. The number of nitrogens with one attached hydrogen (secondary N) is 1. The van der Waals surface area contributed by atoms with Crippen molar-refractivity contribution in [2.24, 2.45) is 0 Å². The van der Waals surface area contributed by atoms with Crippen LogP contribution in [0.2, 0.25) is 0 Å². The van der Waals surface area contributed by atoms with Crippen molar-refractivity contribution >= 4 is 28.5 Å². The minimum Gasteiger partial charge on any atom is -0.423 e. The van der Waals surface area contributed by atoms with Gasteiger partial charge in [-0.3, -0.25) is 14.2 Å². The molecule has 0 saturated carbocycles. The molecule has 0 bridgehead atoms. The monoisotopic (exact) mass is 391 g/mol. The zero-order chi connectivity index (χ0) is 20.4. The summed E-state index contributed by atoms with van der Waals surface area (Å²) in [6.07, 6.45) is 3.83. The minimum atomic E-state index is -0.531. The number of nitrogens with zero attached hydrogens (tertiary/aromatic N) is 2. The summed E-state index contributed by atoms with van der Waals surface area (Å²) in [5.74, 6) is 0.432. The lowest BCUT2D eigenvalue weighted by molar-refractivity contribution is -0.114. The van der Waals surface area contributed by atoms with E-state index in [2.05, 4.69) is 10.3 Å². The van der Waals surface area contributed by atoms with E-state index < -0.39 is 5.97 Å². The second-order valence-corrected chi connectivity index (χ2v) is 7.12. The Morgan fingerprint density at radius 3 is 2.62 bits per heavy atom. The number of ether oxygens (including phenoxy) is 1. The highest BCUT2D eigenvalue weighted by molar-refractivity contribution is 5.95. The Kier molecular flexibility index (Phi) is 5.12. The molecule has 0 saturated heterocycles. The average molecular weight is 391 g/mol. The van der Waals surface area contributed by atoms with Crippen molar-refractivity contribution in [3.05, 3.63) is 64.2 Å². The third kappa shape index (κ3) is 4.03. The fourth-order valence-electron chi connectivity index (χ4n) is 3.52. The van der Waals surface area contributed by atoms with E-state index in [9.17, 15) is 14.4 Å². The average Bonchev–Trinajstić information content (AvgIpc) is 2.94. The van der Waals surface area contributed by atoms with Crippen molar-refractivity contribution in [1.29, 1.82) is 0 Å². The summed E-state index contributed by atoms with van der Waals surface area (Å²) in [4.78, 5) is 41.0. The van der Waals surface area contributed by atoms with Crippen LogP contribution >= 0.6 is 0 Å². The third-order valence-corrected chi connectivity index (χ3v) is 4.94. The topological polar surface area (TPSA) is 90.3 Å². The molecule has 0 unspecified atom stereocenters. The molecule has 0 fully saturated rings. The fourth-order valence-corrected chi connectivity index (χ4v) is 3.52. The van der Waals surface area contributed by atoms with Gasteiger partial charge in [-0.25, -0.2) is 9.78 Å².